The molecule has 1 heterocycles. The molecule has 1 fully saturated rings. The third-order valence-corrected chi connectivity index (χ3v) is 3.91. The maximum absolute atomic E-state index is 13.4. The molecular weight excluding hydrogens is 330 g/mol. The van der Waals surface area contributed by atoms with Gasteiger partial charge in [-0.25, -0.2) is 8.78 Å². The lowest BCUT2D eigenvalue weighted by Gasteiger charge is -2.42. The summed E-state index contributed by atoms with van der Waals surface area (Å²) in [6.07, 6.45) is -0.211. The lowest BCUT2D eigenvalue weighted by atomic mass is 10.0. The van der Waals surface area contributed by atoms with Gasteiger partial charge >= 0.3 is 0 Å². The van der Waals surface area contributed by atoms with Crippen LogP contribution in [0, 0.1) is 11.6 Å². The molecule has 0 radical (unpaired) electrons. The first-order valence-electron chi connectivity index (χ1n) is 8.28. The third-order valence-electron chi connectivity index (χ3n) is 3.91. The number of nitrogens with zero attached hydrogens (tertiary/aromatic N) is 2. The Labute approximate surface area is 147 Å². The summed E-state index contributed by atoms with van der Waals surface area (Å²) in [6.45, 7) is 5.84. The highest BCUT2D eigenvalue weighted by Crippen LogP contribution is 2.23. The number of likely N-dealkylation sites (N-methyl/N-ethyl adjacent to an activating group) is 1. The van der Waals surface area contributed by atoms with Crippen molar-refractivity contribution < 1.29 is 23.0 Å². The predicted molar refractivity (Wildman–Crippen MR) is 90.1 cm³/mol. The summed E-state index contributed by atoms with van der Waals surface area (Å²) in [4.78, 5) is 15.1. The normalized spacial score (nSPS) is 20.5. The number of carbonyl (C=O) groups is 1. The minimum absolute atomic E-state index is 0.00238. The van der Waals surface area contributed by atoms with Crippen LogP contribution in [0.15, 0.2) is 18.2 Å². The molecule has 0 aromatic heterocycles. The molecule has 1 aliphatic heterocycles. The Hall–Kier alpha value is -1.57. The molecule has 1 amide bonds. The molecule has 1 aromatic carbocycles. The maximum Gasteiger partial charge on any atom is 0.248 e. The number of carbonyl (C=O) groups excluding carboxylic acids is 1. The van der Waals surface area contributed by atoms with Gasteiger partial charge in [-0.15, -0.1) is 0 Å². The molecule has 25 heavy (non-hydrogen) atoms. The Morgan fingerprint density at radius 2 is 1.96 bits per heavy atom. The zero-order valence-electron chi connectivity index (χ0n) is 15.2. The zero-order chi connectivity index (χ0) is 18.6. The number of amides is 1. The molecule has 0 saturated carbocycles. The molecule has 2 rings (SSSR count). The highest BCUT2D eigenvalue weighted by Gasteiger charge is 2.33. The first kappa shape index (κ1) is 19.8. The van der Waals surface area contributed by atoms with Crippen molar-refractivity contribution in [2.45, 2.75) is 32.1 Å². The van der Waals surface area contributed by atoms with Crippen molar-refractivity contribution in [3.8, 4) is 0 Å². The predicted octanol–water partition coefficient (Wildman–Crippen LogP) is 2.05. The molecule has 1 aromatic rings. The quantitative estimate of drug-likeness (QED) is 0.782. The molecule has 1 aliphatic rings. The number of halogens is 2. The first-order chi connectivity index (χ1) is 11.6. The molecule has 0 bridgehead atoms. The van der Waals surface area contributed by atoms with Gasteiger partial charge in [0, 0.05) is 39.8 Å². The van der Waals surface area contributed by atoms with Crippen LogP contribution in [0.5, 0.6) is 0 Å². The average Bonchev–Trinajstić information content (AvgIpc) is 2.44. The van der Waals surface area contributed by atoms with Crippen LogP contribution in [0.1, 0.15) is 19.4 Å². The van der Waals surface area contributed by atoms with Crippen LogP contribution in [0.3, 0.4) is 0 Å². The summed E-state index contributed by atoms with van der Waals surface area (Å²) in [5.41, 5.74) is 0.168. The molecule has 0 aliphatic carbocycles. The fourth-order valence-corrected chi connectivity index (χ4v) is 2.99. The molecule has 0 spiro atoms. The molecule has 1 saturated heterocycles. The summed E-state index contributed by atoms with van der Waals surface area (Å²) >= 11 is 0. The van der Waals surface area contributed by atoms with Crippen molar-refractivity contribution in [1.82, 2.24) is 9.80 Å². The van der Waals surface area contributed by atoms with E-state index in [0.717, 1.165) is 6.07 Å². The summed E-state index contributed by atoms with van der Waals surface area (Å²) in [5, 5.41) is 0. The molecular formula is C18H26F2N2O3. The number of morpholine rings is 1. The van der Waals surface area contributed by atoms with Crippen LogP contribution >= 0.6 is 0 Å². The van der Waals surface area contributed by atoms with E-state index >= 15 is 0 Å². The molecule has 1 atom stereocenters. The van der Waals surface area contributed by atoms with E-state index in [1.165, 1.54) is 17.0 Å². The van der Waals surface area contributed by atoms with E-state index < -0.39 is 17.2 Å². The number of hydrogen-bond donors (Lipinski definition) is 0. The van der Waals surface area contributed by atoms with Crippen molar-refractivity contribution >= 4 is 5.91 Å². The van der Waals surface area contributed by atoms with Gasteiger partial charge in [-0.1, -0.05) is 0 Å². The van der Waals surface area contributed by atoms with Gasteiger partial charge in [0.1, 0.15) is 18.2 Å². The highest BCUT2D eigenvalue weighted by atomic mass is 19.1. The van der Waals surface area contributed by atoms with Gasteiger partial charge in [-0.3, -0.25) is 9.69 Å². The molecule has 7 heteroatoms. The number of ether oxygens (including phenoxy) is 2. The topological polar surface area (TPSA) is 42.0 Å². The summed E-state index contributed by atoms with van der Waals surface area (Å²) in [7, 11) is 3.34. The Kier molecular flexibility index (Phi) is 6.48. The molecule has 0 N–H and O–H groups in total. The van der Waals surface area contributed by atoms with Crippen molar-refractivity contribution in [2.24, 2.45) is 0 Å². The minimum Gasteiger partial charge on any atom is -0.369 e. The second-order valence-electron chi connectivity index (χ2n) is 7.25. The van der Waals surface area contributed by atoms with Gasteiger partial charge in [0.2, 0.25) is 5.91 Å². The van der Waals surface area contributed by atoms with E-state index in [9.17, 15) is 13.6 Å². The van der Waals surface area contributed by atoms with Crippen molar-refractivity contribution in [2.75, 3.05) is 40.4 Å². The van der Waals surface area contributed by atoms with E-state index in [2.05, 4.69) is 4.90 Å². The van der Waals surface area contributed by atoms with E-state index in [1.807, 2.05) is 13.8 Å². The molecule has 5 nitrogen and oxygen atoms in total. The Bertz CT molecular complexity index is 588. The van der Waals surface area contributed by atoms with Gasteiger partial charge in [0.25, 0.3) is 0 Å². The van der Waals surface area contributed by atoms with Crippen molar-refractivity contribution in [1.29, 1.82) is 0 Å². The Morgan fingerprint density at radius 1 is 1.32 bits per heavy atom. The van der Waals surface area contributed by atoms with Gasteiger partial charge in [0.05, 0.1) is 18.3 Å². The summed E-state index contributed by atoms with van der Waals surface area (Å²) in [5.74, 6) is -1.27. The smallest absolute Gasteiger partial charge is 0.248 e. The number of benzene rings is 1. The fraction of sp³-hybridized carbons (Fsp3) is 0.611. The number of rotatable bonds is 6. The van der Waals surface area contributed by atoms with Crippen molar-refractivity contribution in [3.63, 3.8) is 0 Å². The summed E-state index contributed by atoms with van der Waals surface area (Å²) < 4.78 is 38.2. The van der Waals surface area contributed by atoms with E-state index in [4.69, 9.17) is 9.47 Å². The lowest BCUT2D eigenvalue weighted by Crippen LogP contribution is -2.53. The summed E-state index contributed by atoms with van der Waals surface area (Å²) in [6, 6.07) is 3.55. The SMILES string of the molecule is CN(C)C(=O)COCC1CN(Cc2cc(F)cc(F)c2)CC(C)(C)O1. The van der Waals surface area contributed by atoms with Gasteiger partial charge in [0.15, 0.2) is 0 Å². The second-order valence-corrected chi connectivity index (χ2v) is 7.25. The van der Waals surface area contributed by atoms with Crippen molar-refractivity contribution in [3.05, 3.63) is 35.4 Å². The monoisotopic (exact) mass is 356 g/mol. The van der Waals surface area contributed by atoms with E-state index in [1.54, 1.807) is 14.1 Å². The van der Waals surface area contributed by atoms with Crippen LogP contribution in [-0.2, 0) is 20.8 Å². The first-order valence-corrected chi connectivity index (χ1v) is 8.28. The third kappa shape index (κ3) is 6.34. The molecule has 1 unspecified atom stereocenters. The Morgan fingerprint density at radius 3 is 2.56 bits per heavy atom. The number of hydrogen-bond acceptors (Lipinski definition) is 4. The van der Waals surface area contributed by atoms with E-state index in [-0.39, 0.29) is 25.2 Å². The minimum atomic E-state index is -0.579. The second kappa shape index (κ2) is 8.21. The van der Waals surface area contributed by atoms with E-state index in [0.29, 0.717) is 25.2 Å². The van der Waals surface area contributed by atoms with Crippen LogP contribution in [0.4, 0.5) is 8.78 Å². The standard InChI is InChI=1S/C18H26F2N2O3/c1-18(2)12-22(8-13-5-14(19)7-15(20)6-13)9-16(25-18)10-24-11-17(23)21(3)4/h5-7,16H,8-12H2,1-4H3. The van der Waals surface area contributed by atoms with Crippen LogP contribution in [0.25, 0.3) is 0 Å². The fourth-order valence-electron chi connectivity index (χ4n) is 2.99. The zero-order valence-corrected chi connectivity index (χ0v) is 15.2. The van der Waals surface area contributed by atoms with Gasteiger partial charge < -0.3 is 14.4 Å². The van der Waals surface area contributed by atoms with Crippen LogP contribution < -0.4 is 0 Å². The average molecular weight is 356 g/mol. The van der Waals surface area contributed by atoms with Gasteiger partial charge in [-0.05, 0) is 31.5 Å². The van der Waals surface area contributed by atoms with Crippen LogP contribution in [0.2, 0.25) is 0 Å². The largest absolute Gasteiger partial charge is 0.369 e. The Balaban J connectivity index is 1.94. The van der Waals surface area contributed by atoms with Gasteiger partial charge in [-0.2, -0.15) is 0 Å². The molecule has 140 valence electrons. The maximum atomic E-state index is 13.4. The lowest BCUT2D eigenvalue weighted by molar-refractivity contribution is -0.161. The van der Waals surface area contributed by atoms with Crippen LogP contribution in [-0.4, -0.2) is 67.8 Å². The highest BCUT2D eigenvalue weighted by molar-refractivity contribution is 5.76.